The Balaban J connectivity index is 1.97. The van der Waals surface area contributed by atoms with Crippen molar-refractivity contribution in [1.29, 1.82) is 0 Å². The van der Waals surface area contributed by atoms with E-state index in [1.165, 1.54) is 129 Å². The van der Waals surface area contributed by atoms with Crippen LogP contribution in [-0.2, 0) is 0 Å². The highest BCUT2D eigenvalue weighted by molar-refractivity contribution is 7.84. The molecule has 0 amide bonds. The molecule has 0 aliphatic rings. The fourth-order valence-corrected chi connectivity index (χ4v) is 26.4. The Kier molecular flexibility index (Phi) is 22.2. The van der Waals surface area contributed by atoms with Crippen LogP contribution in [0.4, 0.5) is 4.39 Å². The van der Waals surface area contributed by atoms with Gasteiger partial charge in [-0.05, 0) is 34.5 Å². The molecule has 0 fully saturated rings. The molecule has 0 bridgehead atoms. The molecule has 0 aliphatic carbocycles. The van der Waals surface area contributed by atoms with Gasteiger partial charge in [0.15, 0.2) is 0 Å². The first-order valence-corrected chi connectivity index (χ1v) is 31.6. The zero-order chi connectivity index (χ0) is 41.6. The second-order valence-electron chi connectivity index (χ2n) is 17.1. The first-order chi connectivity index (χ1) is 28.4. The first-order valence-electron chi connectivity index (χ1n) is 23.8. The van der Waals surface area contributed by atoms with Gasteiger partial charge in [0.25, 0.3) is 0 Å². The van der Waals surface area contributed by atoms with Crippen LogP contribution in [0.3, 0.4) is 0 Å². The molecule has 6 heteroatoms. The number of hydrogen-bond acceptors (Lipinski definition) is 1. The van der Waals surface area contributed by atoms with Gasteiger partial charge < -0.3 is 0 Å². The van der Waals surface area contributed by atoms with E-state index in [1.807, 2.05) is 12.1 Å². The summed E-state index contributed by atoms with van der Waals surface area (Å²) in [6.45, 7) is 17.5. The molecule has 0 radical (unpaired) electrons. The van der Waals surface area contributed by atoms with Gasteiger partial charge in [-0.3, -0.25) is 0 Å². The Hall–Kier alpha value is -1.94. The Bertz CT molecular complexity index is 1560. The van der Waals surface area contributed by atoms with E-state index in [0.29, 0.717) is 0 Å². The van der Waals surface area contributed by atoms with Crippen LogP contribution in [0.2, 0.25) is 36.3 Å². The normalized spacial score (nSPS) is 12.8. The number of benzene rings is 4. The predicted molar refractivity (Wildman–Crippen MR) is 269 cm³/mol. The van der Waals surface area contributed by atoms with E-state index >= 15 is 4.39 Å². The molecule has 0 spiro atoms. The van der Waals surface area contributed by atoms with E-state index in [2.05, 4.69) is 138 Å². The maximum atomic E-state index is 16.3. The molecule has 0 saturated heterocycles. The molecule has 0 aromatic heterocycles. The molecule has 58 heavy (non-hydrogen) atoms. The Morgan fingerprint density at radius 2 is 0.741 bits per heavy atom. The maximum Gasteiger partial charge on any atom is 0.132 e. The van der Waals surface area contributed by atoms with Crippen molar-refractivity contribution >= 4 is 63.9 Å². The number of nitrogens with zero attached hydrogens (tertiary/aromatic N) is 1. The molecule has 318 valence electrons. The van der Waals surface area contributed by atoms with E-state index in [4.69, 9.17) is 0 Å². The molecular weight excluding hydrogens is 776 g/mol. The van der Waals surface area contributed by atoms with Gasteiger partial charge in [-0.2, -0.15) is 0 Å². The fraction of sp³-hybridized carbons (Fsp3) is 0.538. The van der Waals surface area contributed by atoms with Crippen molar-refractivity contribution in [2.24, 2.45) is 0 Å². The highest BCUT2D eigenvalue weighted by Crippen LogP contribution is 2.55. The molecule has 0 saturated carbocycles. The summed E-state index contributed by atoms with van der Waals surface area (Å²) in [5.41, 5.74) is 0. The zero-order valence-corrected chi connectivity index (χ0v) is 41.7. The highest BCUT2D eigenvalue weighted by atomic mass is 31.2. The summed E-state index contributed by atoms with van der Waals surface area (Å²) in [6.07, 6.45) is 17.9. The number of unbranched alkanes of at least 4 members (excludes halogenated alkanes) is 7. The second-order valence-corrected chi connectivity index (χ2v) is 31.0. The SMILES string of the molecule is CCCCN(P(c1ccc([Si](CCCC)(CCCC)CCCC)cc1)c1ccc([Si](CCCC)(CCCC)CCCC)cc1)P(c1ccccc1)c1ccccc1F. The summed E-state index contributed by atoms with van der Waals surface area (Å²) in [6, 6.07) is 47.6. The maximum absolute atomic E-state index is 16.3. The predicted octanol–water partition coefficient (Wildman–Crippen LogP) is 14.4. The van der Waals surface area contributed by atoms with Crippen LogP contribution >= 0.6 is 16.1 Å². The van der Waals surface area contributed by atoms with Crippen molar-refractivity contribution in [3.63, 3.8) is 0 Å². The molecular formula is C52H80FNP2Si2. The van der Waals surface area contributed by atoms with Gasteiger partial charge in [0.05, 0.1) is 16.1 Å². The average Bonchev–Trinajstić information content (AvgIpc) is 3.27. The van der Waals surface area contributed by atoms with E-state index in [9.17, 15) is 0 Å². The molecule has 0 N–H and O–H groups in total. The van der Waals surface area contributed by atoms with Crippen molar-refractivity contribution in [1.82, 2.24) is 4.44 Å². The quantitative estimate of drug-likeness (QED) is 0.0388. The fourth-order valence-electron chi connectivity index (χ4n) is 9.21. The molecule has 4 rings (SSSR count). The van der Waals surface area contributed by atoms with Gasteiger partial charge in [-0.15, -0.1) is 0 Å². The minimum atomic E-state index is -1.66. The van der Waals surface area contributed by atoms with Gasteiger partial charge in [-0.1, -0.05) is 270 Å². The van der Waals surface area contributed by atoms with Crippen LogP contribution < -0.4 is 31.6 Å². The summed E-state index contributed by atoms with van der Waals surface area (Å²) in [5, 5.41) is 8.26. The van der Waals surface area contributed by atoms with Gasteiger partial charge in [0, 0.05) is 28.0 Å². The lowest BCUT2D eigenvalue weighted by molar-refractivity contribution is 0.629. The van der Waals surface area contributed by atoms with Crippen LogP contribution in [0.25, 0.3) is 0 Å². The number of rotatable bonds is 29. The summed E-state index contributed by atoms with van der Waals surface area (Å²) < 4.78 is 19.1. The molecule has 4 aromatic rings. The Morgan fingerprint density at radius 1 is 0.397 bits per heavy atom. The third-order valence-corrected chi connectivity index (χ3v) is 29.3. The minimum Gasteiger partial charge on any atom is -0.245 e. The van der Waals surface area contributed by atoms with Gasteiger partial charge in [0.2, 0.25) is 0 Å². The average molecular weight is 856 g/mol. The standard InChI is InChI=1S/C52H80FNP2Si2/c1-8-15-39-54(56(46-27-23-22-24-28-46)52-30-26-25-29-51(52)53)55(47-31-35-49(36-32-47)57(40-16-9-2,41-17-10-3)42-18-11-4)48-33-37-50(38-34-48)58(43-19-12-5,44-20-13-6)45-21-14-7/h22-38H,8-21,39-45H2,1-7H3. The van der Waals surface area contributed by atoms with Crippen molar-refractivity contribution in [3.8, 4) is 0 Å². The summed E-state index contributed by atoms with van der Waals surface area (Å²) in [7, 11) is -5.43. The van der Waals surface area contributed by atoms with Crippen LogP contribution in [0.15, 0.2) is 103 Å². The van der Waals surface area contributed by atoms with E-state index < -0.39 is 32.3 Å². The Labute approximate surface area is 361 Å². The topological polar surface area (TPSA) is 3.24 Å². The minimum absolute atomic E-state index is 0.0864. The smallest absolute Gasteiger partial charge is 0.132 e. The van der Waals surface area contributed by atoms with Crippen molar-refractivity contribution in [2.45, 2.75) is 175 Å². The lowest BCUT2D eigenvalue weighted by atomic mass is 10.3. The molecule has 0 aliphatic heterocycles. The highest BCUT2D eigenvalue weighted by Gasteiger charge is 2.37. The molecule has 0 heterocycles. The molecule has 1 unspecified atom stereocenters. The molecule has 1 nitrogen and oxygen atoms in total. The second kappa shape index (κ2) is 26.4. The van der Waals surface area contributed by atoms with Crippen molar-refractivity contribution in [2.75, 3.05) is 6.54 Å². The van der Waals surface area contributed by atoms with Crippen molar-refractivity contribution < 1.29 is 4.39 Å². The lowest BCUT2D eigenvalue weighted by Gasteiger charge is -2.40. The largest absolute Gasteiger partial charge is 0.245 e. The summed E-state index contributed by atoms with van der Waals surface area (Å²) in [5.74, 6) is -0.0864. The Morgan fingerprint density at radius 3 is 1.10 bits per heavy atom. The van der Waals surface area contributed by atoms with Gasteiger partial charge >= 0.3 is 0 Å². The third kappa shape index (κ3) is 13.3. The molecule has 4 aromatic carbocycles. The molecule has 1 atom stereocenters. The zero-order valence-electron chi connectivity index (χ0n) is 37.9. The summed E-state index contributed by atoms with van der Waals surface area (Å²) >= 11 is 0. The monoisotopic (exact) mass is 856 g/mol. The van der Waals surface area contributed by atoms with Crippen LogP contribution in [0.1, 0.15) is 138 Å². The lowest BCUT2D eigenvalue weighted by Crippen LogP contribution is -2.48. The van der Waals surface area contributed by atoms with Crippen molar-refractivity contribution in [3.05, 3.63) is 109 Å². The first kappa shape index (κ1) is 48.7. The van der Waals surface area contributed by atoms with Gasteiger partial charge in [0.1, 0.15) is 5.82 Å². The van der Waals surface area contributed by atoms with Gasteiger partial charge in [-0.25, -0.2) is 8.83 Å². The third-order valence-electron chi connectivity index (χ3n) is 12.8. The van der Waals surface area contributed by atoms with Crippen LogP contribution in [-0.4, -0.2) is 27.1 Å². The van der Waals surface area contributed by atoms with E-state index in [1.54, 1.807) is 16.4 Å². The summed E-state index contributed by atoms with van der Waals surface area (Å²) in [4.78, 5) is 0. The van der Waals surface area contributed by atoms with E-state index in [-0.39, 0.29) is 5.82 Å². The number of halogens is 1. The number of hydrogen-bond donors (Lipinski definition) is 0. The van der Waals surface area contributed by atoms with E-state index in [0.717, 1.165) is 24.7 Å². The van der Waals surface area contributed by atoms with Crippen LogP contribution in [0.5, 0.6) is 0 Å². The van der Waals surface area contributed by atoms with Crippen LogP contribution in [0, 0.1) is 5.82 Å².